The predicted molar refractivity (Wildman–Crippen MR) is 116 cm³/mol. The van der Waals surface area contributed by atoms with E-state index in [1.54, 1.807) is 0 Å². The fourth-order valence-electron chi connectivity index (χ4n) is 4.57. The number of nitrogens with zero attached hydrogens (tertiary/aromatic N) is 6. The summed E-state index contributed by atoms with van der Waals surface area (Å²) >= 11 is 0. The van der Waals surface area contributed by atoms with Gasteiger partial charge in [0.05, 0.1) is 5.69 Å². The zero-order valence-electron chi connectivity index (χ0n) is 17.2. The van der Waals surface area contributed by atoms with Gasteiger partial charge in [0.25, 0.3) is 0 Å². The van der Waals surface area contributed by atoms with E-state index in [0.717, 1.165) is 66.9 Å². The summed E-state index contributed by atoms with van der Waals surface area (Å²) < 4.78 is 0. The topological polar surface area (TPSA) is 95.5 Å². The quantitative estimate of drug-likeness (QED) is 0.675. The van der Waals surface area contributed by atoms with E-state index in [9.17, 15) is 0 Å². The highest BCUT2D eigenvalue weighted by Crippen LogP contribution is 2.30. The normalized spacial score (nSPS) is 17.9. The van der Waals surface area contributed by atoms with Crippen molar-refractivity contribution in [3.8, 4) is 22.6 Å². The first-order valence-corrected chi connectivity index (χ1v) is 11.0. The summed E-state index contributed by atoms with van der Waals surface area (Å²) in [5, 5.41) is 18.1. The Bertz CT molecular complexity index is 959. The Balaban J connectivity index is 1.48. The molecule has 0 bridgehead atoms. The number of anilines is 1. The molecular formula is C22H28N8. The van der Waals surface area contributed by atoms with Crippen LogP contribution in [-0.2, 0) is 6.42 Å². The molecule has 1 saturated carbocycles. The second-order valence-electron chi connectivity index (χ2n) is 8.32. The van der Waals surface area contributed by atoms with Gasteiger partial charge in [-0.25, -0.2) is 4.98 Å². The highest BCUT2D eigenvalue weighted by Gasteiger charge is 2.18. The number of H-pyrrole nitrogens is 1. The molecule has 3 aromatic heterocycles. The standard InChI is InChI=1S/C22H28N8/c1-2-4-16(5-3-1)12-19-13-17(6-7-24-19)20-14-18(22-26-28-29-27-22)15-21(25-20)30-10-8-23-9-11-30/h6-7,13-16,23H,1-5,8-12H2,(H,26,27,28,29). The zero-order chi connectivity index (χ0) is 20.2. The summed E-state index contributed by atoms with van der Waals surface area (Å²) in [6, 6.07) is 8.37. The third-order valence-corrected chi connectivity index (χ3v) is 6.19. The third-order valence-electron chi connectivity index (χ3n) is 6.19. The molecule has 3 aromatic rings. The summed E-state index contributed by atoms with van der Waals surface area (Å²) in [4.78, 5) is 12.0. The van der Waals surface area contributed by atoms with Crippen LogP contribution in [0.4, 0.5) is 5.82 Å². The Kier molecular flexibility index (Phi) is 5.65. The van der Waals surface area contributed by atoms with Crippen LogP contribution in [0.3, 0.4) is 0 Å². The van der Waals surface area contributed by atoms with Crippen LogP contribution in [0.2, 0.25) is 0 Å². The third kappa shape index (κ3) is 4.33. The lowest BCUT2D eigenvalue weighted by molar-refractivity contribution is 0.354. The van der Waals surface area contributed by atoms with Gasteiger partial charge in [0.15, 0.2) is 0 Å². The largest absolute Gasteiger partial charge is 0.354 e. The van der Waals surface area contributed by atoms with Crippen LogP contribution in [0.25, 0.3) is 22.6 Å². The molecular weight excluding hydrogens is 376 g/mol. The Morgan fingerprint density at radius 2 is 1.87 bits per heavy atom. The van der Waals surface area contributed by atoms with Gasteiger partial charge in [-0.15, -0.1) is 10.2 Å². The SMILES string of the molecule is c1cc(-c2cc(-c3nn[nH]n3)cc(N3CCNCC3)n2)cc(CC2CCCCC2)n1. The molecule has 30 heavy (non-hydrogen) atoms. The summed E-state index contributed by atoms with van der Waals surface area (Å²) in [5.41, 5.74) is 4.11. The molecule has 8 heteroatoms. The maximum absolute atomic E-state index is 5.01. The van der Waals surface area contributed by atoms with Crippen LogP contribution >= 0.6 is 0 Å². The molecule has 0 unspecified atom stereocenters. The number of tetrazole rings is 1. The average Bonchev–Trinajstić information content (AvgIpc) is 3.35. The smallest absolute Gasteiger partial charge is 0.204 e. The zero-order valence-corrected chi connectivity index (χ0v) is 17.2. The van der Waals surface area contributed by atoms with Gasteiger partial charge in [-0.1, -0.05) is 32.1 Å². The first-order chi connectivity index (χ1) is 14.8. The van der Waals surface area contributed by atoms with Gasteiger partial charge in [0.2, 0.25) is 5.82 Å². The second-order valence-corrected chi connectivity index (χ2v) is 8.32. The van der Waals surface area contributed by atoms with Crippen LogP contribution in [-0.4, -0.2) is 56.8 Å². The molecule has 1 aliphatic heterocycles. The van der Waals surface area contributed by atoms with Crippen LogP contribution in [0.15, 0.2) is 30.5 Å². The van der Waals surface area contributed by atoms with Crippen molar-refractivity contribution >= 4 is 5.82 Å². The minimum Gasteiger partial charge on any atom is -0.354 e. The monoisotopic (exact) mass is 404 g/mol. The molecule has 2 fully saturated rings. The van der Waals surface area contributed by atoms with Crippen molar-refractivity contribution in [2.45, 2.75) is 38.5 Å². The number of aromatic nitrogens is 6. The molecule has 0 spiro atoms. The number of hydrogen-bond donors (Lipinski definition) is 2. The van der Waals surface area contributed by atoms with Crippen LogP contribution in [0, 0.1) is 5.92 Å². The van der Waals surface area contributed by atoms with E-state index in [-0.39, 0.29) is 0 Å². The summed E-state index contributed by atoms with van der Waals surface area (Å²) in [5.74, 6) is 2.31. The lowest BCUT2D eigenvalue weighted by Gasteiger charge is -2.29. The molecule has 0 aromatic carbocycles. The summed E-state index contributed by atoms with van der Waals surface area (Å²) in [6.45, 7) is 3.80. The van der Waals surface area contributed by atoms with Gasteiger partial charge in [-0.2, -0.15) is 5.21 Å². The number of aromatic amines is 1. The Morgan fingerprint density at radius 3 is 2.67 bits per heavy atom. The molecule has 5 rings (SSSR count). The highest BCUT2D eigenvalue weighted by atomic mass is 15.5. The maximum Gasteiger partial charge on any atom is 0.204 e. The molecule has 1 saturated heterocycles. The van der Waals surface area contributed by atoms with Gasteiger partial charge >= 0.3 is 0 Å². The van der Waals surface area contributed by atoms with E-state index in [0.29, 0.717) is 5.82 Å². The predicted octanol–water partition coefficient (Wildman–Crippen LogP) is 2.86. The van der Waals surface area contributed by atoms with E-state index in [2.05, 4.69) is 54.0 Å². The number of nitrogens with one attached hydrogen (secondary N) is 2. The Morgan fingerprint density at radius 1 is 1.00 bits per heavy atom. The van der Waals surface area contributed by atoms with Crippen LogP contribution < -0.4 is 10.2 Å². The fraction of sp³-hybridized carbons (Fsp3) is 0.500. The second kappa shape index (κ2) is 8.87. The fourth-order valence-corrected chi connectivity index (χ4v) is 4.57. The van der Waals surface area contributed by atoms with Crippen molar-refractivity contribution in [2.75, 3.05) is 31.1 Å². The lowest BCUT2D eigenvalue weighted by atomic mass is 9.86. The van der Waals surface area contributed by atoms with Crippen molar-refractivity contribution in [3.05, 3.63) is 36.2 Å². The number of piperazine rings is 1. The van der Waals surface area contributed by atoms with Gasteiger partial charge in [0.1, 0.15) is 5.82 Å². The average molecular weight is 405 g/mol. The van der Waals surface area contributed by atoms with E-state index in [1.807, 2.05) is 12.3 Å². The molecule has 156 valence electrons. The molecule has 0 amide bonds. The van der Waals surface area contributed by atoms with Crippen LogP contribution in [0.1, 0.15) is 37.8 Å². The van der Waals surface area contributed by atoms with Crippen molar-refractivity contribution in [1.82, 2.24) is 35.9 Å². The highest BCUT2D eigenvalue weighted by molar-refractivity contribution is 5.70. The van der Waals surface area contributed by atoms with Crippen LogP contribution in [0.5, 0.6) is 0 Å². The Labute approximate surface area is 176 Å². The minimum absolute atomic E-state index is 0.589. The number of rotatable bonds is 5. The minimum atomic E-state index is 0.589. The van der Waals surface area contributed by atoms with E-state index in [1.165, 1.54) is 32.1 Å². The lowest BCUT2D eigenvalue weighted by Crippen LogP contribution is -2.43. The van der Waals surface area contributed by atoms with E-state index >= 15 is 0 Å². The molecule has 0 atom stereocenters. The molecule has 0 radical (unpaired) electrons. The Hall–Kier alpha value is -2.87. The van der Waals surface area contributed by atoms with Gasteiger partial charge in [-0.05, 0) is 41.8 Å². The maximum atomic E-state index is 5.01. The van der Waals surface area contributed by atoms with Crippen molar-refractivity contribution in [1.29, 1.82) is 0 Å². The molecule has 4 heterocycles. The van der Waals surface area contributed by atoms with Gasteiger partial charge < -0.3 is 10.2 Å². The molecule has 2 N–H and O–H groups in total. The first-order valence-electron chi connectivity index (χ1n) is 11.0. The molecule has 8 nitrogen and oxygen atoms in total. The number of pyridine rings is 2. The van der Waals surface area contributed by atoms with E-state index in [4.69, 9.17) is 4.98 Å². The van der Waals surface area contributed by atoms with Crippen molar-refractivity contribution in [3.63, 3.8) is 0 Å². The van der Waals surface area contributed by atoms with Gasteiger partial charge in [-0.3, -0.25) is 4.98 Å². The van der Waals surface area contributed by atoms with Gasteiger partial charge in [0, 0.05) is 49.2 Å². The van der Waals surface area contributed by atoms with Crippen molar-refractivity contribution in [2.24, 2.45) is 5.92 Å². The summed E-state index contributed by atoms with van der Waals surface area (Å²) in [7, 11) is 0. The molecule has 2 aliphatic rings. The number of hydrogen-bond acceptors (Lipinski definition) is 7. The first kappa shape index (κ1) is 19.1. The van der Waals surface area contributed by atoms with Crippen molar-refractivity contribution < 1.29 is 0 Å². The summed E-state index contributed by atoms with van der Waals surface area (Å²) in [6.07, 6.45) is 9.71. The van der Waals surface area contributed by atoms with E-state index < -0.39 is 0 Å². The molecule has 1 aliphatic carbocycles.